The zero-order chi connectivity index (χ0) is 31.4. The van der Waals surface area contributed by atoms with E-state index < -0.39 is 5.41 Å². The van der Waals surface area contributed by atoms with Crippen LogP contribution in [0, 0.1) is 56.7 Å². The Balaban J connectivity index is 1.38. The molecule has 1 aromatic rings. The zero-order valence-electron chi connectivity index (χ0n) is 27.8. The van der Waals surface area contributed by atoms with E-state index in [9.17, 15) is 9.59 Å². The Morgan fingerprint density at radius 2 is 1.56 bits per heavy atom. The molecule has 0 saturated heterocycles. The van der Waals surface area contributed by atoms with Gasteiger partial charge in [-0.25, -0.2) is 4.79 Å². The largest absolute Gasteiger partial charge is 0.465 e. The molecule has 5 heteroatoms. The SMILES string of the molecule is COC(=O)c1ccc(C2=CC[C@]3(C)[C@H]4CC[C@]5(N)C6[C@H](C(C)C)CC[C@]6(C(=O)Cl)CC[C@@]5(C)[C@]4(C)CC[C@H]3C2(C)C)cc1. The van der Waals surface area contributed by atoms with Gasteiger partial charge in [0, 0.05) is 11.0 Å². The van der Waals surface area contributed by atoms with Crippen LogP contribution in [0.3, 0.4) is 0 Å². The first-order valence-corrected chi connectivity index (χ1v) is 17.3. The van der Waals surface area contributed by atoms with Gasteiger partial charge in [0.15, 0.2) is 0 Å². The highest BCUT2D eigenvalue weighted by Gasteiger charge is 2.75. The van der Waals surface area contributed by atoms with Crippen LogP contribution in [0.25, 0.3) is 5.57 Å². The van der Waals surface area contributed by atoms with Crippen molar-refractivity contribution in [3.8, 4) is 0 Å². The van der Waals surface area contributed by atoms with Gasteiger partial charge in [-0.1, -0.05) is 66.7 Å². The third kappa shape index (κ3) is 3.90. The second-order valence-electron chi connectivity index (χ2n) is 16.9. The molecule has 1 aromatic carbocycles. The van der Waals surface area contributed by atoms with Crippen LogP contribution in [-0.4, -0.2) is 23.9 Å². The number of carbonyl (C=O) groups excluding carboxylic acids is 2. The van der Waals surface area contributed by atoms with Crippen LogP contribution in [0.1, 0.15) is 122 Å². The van der Waals surface area contributed by atoms with Gasteiger partial charge in [-0.05, 0) is 144 Å². The molecule has 6 rings (SSSR count). The van der Waals surface area contributed by atoms with E-state index in [-0.39, 0.29) is 44.3 Å². The van der Waals surface area contributed by atoms with E-state index in [1.165, 1.54) is 31.1 Å². The van der Waals surface area contributed by atoms with Crippen LogP contribution in [0.2, 0.25) is 0 Å². The molecule has 4 saturated carbocycles. The van der Waals surface area contributed by atoms with E-state index >= 15 is 0 Å². The number of rotatable bonds is 4. The first kappa shape index (κ1) is 31.3. The number of methoxy groups -OCH3 is 1. The number of nitrogens with two attached hydrogens (primary N) is 1. The highest BCUT2D eigenvalue weighted by atomic mass is 35.5. The quantitative estimate of drug-likeness (QED) is 0.274. The Morgan fingerprint density at radius 1 is 0.907 bits per heavy atom. The van der Waals surface area contributed by atoms with Gasteiger partial charge >= 0.3 is 5.97 Å². The van der Waals surface area contributed by atoms with E-state index in [1.54, 1.807) is 0 Å². The zero-order valence-corrected chi connectivity index (χ0v) is 28.6. The standard InChI is InChI=1S/C38H54ClNO3/c1-23(2)26-13-19-37(32(39)42)22-21-36(7)35(6)18-15-28-33(3,4)27(24-9-11-25(12-10-24)31(41)43-8)14-17-34(28,5)29(35)16-20-38(36,40)30(26)37/h9-12,14,23,26,28-30H,13,15-22,40H2,1-8H3/t26-,28-,29+,30?,34-,35+,36-,37-,38-/m0/s1. The van der Waals surface area contributed by atoms with E-state index in [1.807, 2.05) is 12.1 Å². The number of halogens is 1. The molecule has 0 bridgehead atoms. The van der Waals surface area contributed by atoms with Gasteiger partial charge in [0.2, 0.25) is 5.24 Å². The van der Waals surface area contributed by atoms with Crippen molar-refractivity contribution in [3.05, 3.63) is 41.5 Å². The molecule has 9 atom stereocenters. The number of fused-ring (bicyclic) bond motifs is 7. The minimum Gasteiger partial charge on any atom is -0.465 e. The van der Waals surface area contributed by atoms with E-state index in [0.717, 1.165) is 44.9 Å². The van der Waals surface area contributed by atoms with Crippen molar-refractivity contribution >= 4 is 28.4 Å². The molecule has 2 N–H and O–H groups in total. The summed E-state index contributed by atoms with van der Waals surface area (Å²) in [7, 11) is 1.43. The number of carbonyl (C=O) groups is 2. The highest BCUT2D eigenvalue weighted by Crippen LogP contribution is 2.78. The van der Waals surface area contributed by atoms with Gasteiger partial charge < -0.3 is 10.5 Å². The van der Waals surface area contributed by atoms with Gasteiger partial charge in [0.25, 0.3) is 0 Å². The van der Waals surface area contributed by atoms with Crippen LogP contribution < -0.4 is 5.73 Å². The average Bonchev–Trinajstić information content (AvgIpc) is 3.37. The average molecular weight is 608 g/mol. The number of ether oxygens (including phenoxy) is 1. The molecule has 5 aliphatic carbocycles. The van der Waals surface area contributed by atoms with Gasteiger partial charge in [-0.15, -0.1) is 0 Å². The third-order valence-corrected chi connectivity index (χ3v) is 15.6. The first-order valence-electron chi connectivity index (χ1n) is 16.9. The molecule has 4 fully saturated rings. The Kier molecular flexibility index (Phi) is 7.23. The summed E-state index contributed by atoms with van der Waals surface area (Å²) in [4.78, 5) is 25.3. The van der Waals surface area contributed by atoms with Crippen molar-refractivity contribution in [1.82, 2.24) is 0 Å². The number of benzene rings is 1. The smallest absolute Gasteiger partial charge is 0.337 e. The molecule has 5 aliphatic rings. The maximum Gasteiger partial charge on any atom is 0.337 e. The van der Waals surface area contributed by atoms with Gasteiger partial charge in [-0.3, -0.25) is 4.79 Å². The lowest BCUT2D eigenvalue weighted by Gasteiger charge is -2.75. The lowest BCUT2D eigenvalue weighted by Crippen LogP contribution is -2.76. The fourth-order valence-electron chi connectivity index (χ4n) is 12.9. The predicted octanol–water partition coefficient (Wildman–Crippen LogP) is 9.05. The summed E-state index contributed by atoms with van der Waals surface area (Å²) >= 11 is 6.55. The molecule has 43 heavy (non-hydrogen) atoms. The number of esters is 1. The molecule has 0 heterocycles. The maximum atomic E-state index is 13.3. The normalized spacial score (nSPS) is 44.9. The summed E-state index contributed by atoms with van der Waals surface area (Å²) in [6.07, 6.45) is 11.9. The molecule has 236 valence electrons. The van der Waals surface area contributed by atoms with Crippen LogP contribution in [0.15, 0.2) is 30.3 Å². The van der Waals surface area contributed by atoms with Crippen molar-refractivity contribution in [3.63, 3.8) is 0 Å². The molecular formula is C38H54ClNO3. The summed E-state index contributed by atoms with van der Waals surface area (Å²) < 4.78 is 4.93. The Bertz CT molecular complexity index is 1350. The van der Waals surface area contributed by atoms with Crippen LogP contribution in [0.4, 0.5) is 0 Å². The minimum absolute atomic E-state index is 0.000218. The maximum absolute atomic E-state index is 13.3. The van der Waals surface area contributed by atoms with E-state index in [0.29, 0.717) is 29.2 Å². The Labute approximate surface area is 264 Å². The van der Waals surface area contributed by atoms with E-state index in [2.05, 4.69) is 66.7 Å². The first-order chi connectivity index (χ1) is 20.0. The van der Waals surface area contributed by atoms with Crippen molar-refractivity contribution < 1.29 is 14.3 Å². The topological polar surface area (TPSA) is 69.4 Å². The summed E-state index contributed by atoms with van der Waals surface area (Å²) in [5, 5.41) is -0.123. The van der Waals surface area contributed by atoms with Gasteiger partial charge in [0.05, 0.1) is 12.7 Å². The molecule has 0 aromatic heterocycles. The number of hydrogen-bond donors (Lipinski definition) is 1. The second-order valence-corrected chi connectivity index (χ2v) is 17.3. The third-order valence-electron chi connectivity index (χ3n) is 15.2. The van der Waals surface area contributed by atoms with Crippen LogP contribution in [0.5, 0.6) is 0 Å². The molecule has 0 amide bonds. The number of allylic oxidation sites excluding steroid dienone is 2. The lowest BCUT2D eigenvalue weighted by atomic mass is 9.30. The molecule has 0 spiro atoms. The van der Waals surface area contributed by atoms with E-state index in [4.69, 9.17) is 22.1 Å². The number of hydrogen-bond acceptors (Lipinski definition) is 4. The molecule has 0 radical (unpaired) electrons. The monoisotopic (exact) mass is 607 g/mol. The summed E-state index contributed by atoms with van der Waals surface area (Å²) in [5.74, 6) is 1.93. The fourth-order valence-corrected chi connectivity index (χ4v) is 13.2. The Hall–Kier alpha value is -1.65. The summed E-state index contributed by atoms with van der Waals surface area (Å²) in [6, 6.07) is 7.99. The Morgan fingerprint density at radius 3 is 2.16 bits per heavy atom. The van der Waals surface area contributed by atoms with Crippen molar-refractivity contribution in [2.45, 2.75) is 112 Å². The molecule has 4 nitrogen and oxygen atoms in total. The summed E-state index contributed by atoms with van der Waals surface area (Å²) in [6.45, 7) is 17.2. The van der Waals surface area contributed by atoms with Crippen LogP contribution in [-0.2, 0) is 9.53 Å². The second kappa shape index (κ2) is 9.92. The minimum atomic E-state index is -0.455. The highest BCUT2D eigenvalue weighted by molar-refractivity contribution is 6.64. The molecular weight excluding hydrogens is 554 g/mol. The fraction of sp³-hybridized carbons (Fsp3) is 0.737. The molecule has 0 aliphatic heterocycles. The summed E-state index contributed by atoms with van der Waals surface area (Å²) in [5.41, 5.74) is 10.5. The lowest BCUT2D eigenvalue weighted by molar-refractivity contribution is -0.234. The van der Waals surface area contributed by atoms with Crippen molar-refractivity contribution in [2.24, 2.45) is 62.4 Å². The van der Waals surface area contributed by atoms with Crippen LogP contribution >= 0.6 is 11.6 Å². The van der Waals surface area contributed by atoms with Gasteiger partial charge in [-0.2, -0.15) is 0 Å². The van der Waals surface area contributed by atoms with Crippen molar-refractivity contribution in [2.75, 3.05) is 7.11 Å². The van der Waals surface area contributed by atoms with Gasteiger partial charge in [0.1, 0.15) is 0 Å². The molecule has 1 unspecified atom stereocenters. The van der Waals surface area contributed by atoms with Crippen molar-refractivity contribution in [1.29, 1.82) is 0 Å². The predicted molar refractivity (Wildman–Crippen MR) is 174 cm³/mol.